The molecule has 74 valence electrons. The fourth-order valence-corrected chi connectivity index (χ4v) is 0.771. The first-order valence-corrected chi connectivity index (χ1v) is 3.03. The van der Waals surface area contributed by atoms with Gasteiger partial charge in [0.15, 0.2) is 0 Å². The van der Waals surface area contributed by atoms with Crippen LogP contribution in [0, 0.1) is 0 Å². The zero-order chi connectivity index (χ0) is 10.3. The van der Waals surface area contributed by atoms with Gasteiger partial charge in [0.2, 0.25) is 0 Å². The average Bonchev–Trinajstić information content (AvgIpc) is 2.27. The van der Waals surface area contributed by atoms with E-state index in [4.69, 9.17) is 0 Å². The molecule has 0 unspecified atom stereocenters. The van der Waals surface area contributed by atoms with Crippen molar-refractivity contribution in [1.82, 2.24) is 10.2 Å². The quantitative estimate of drug-likeness (QED) is 0.470. The molecule has 1 rings (SSSR count). The summed E-state index contributed by atoms with van der Waals surface area (Å²) in [6, 6.07) is 0. The molecule has 0 fully saturated rings. The van der Waals surface area contributed by atoms with Crippen LogP contribution in [-0.4, -0.2) is 17.2 Å². The van der Waals surface area contributed by atoms with Crippen molar-refractivity contribution in [3.63, 3.8) is 0 Å². The summed E-state index contributed by atoms with van der Waals surface area (Å²) in [4.78, 5) is 0. The molecule has 0 aliphatic heterocycles. The van der Waals surface area contributed by atoms with E-state index in [1.54, 1.807) is 0 Å². The van der Waals surface area contributed by atoms with Gasteiger partial charge in [-0.15, -0.1) is 0 Å². The van der Waals surface area contributed by atoms with Gasteiger partial charge < -0.3 is 12.9 Å². The van der Waals surface area contributed by atoms with E-state index in [0.29, 0.717) is 0 Å². The number of nitrogens with zero attached hydrogens (tertiary/aromatic N) is 1. The summed E-state index contributed by atoms with van der Waals surface area (Å²) in [5.74, 6) is 0. The van der Waals surface area contributed by atoms with Crippen molar-refractivity contribution >= 4 is 12.4 Å². The van der Waals surface area contributed by atoms with Crippen LogP contribution in [0.3, 0.4) is 0 Å². The number of H-pyrrole nitrogens is 1. The summed E-state index contributed by atoms with van der Waals surface area (Å²) < 4.78 is 71.3. The summed E-state index contributed by atoms with van der Waals surface area (Å²) >= 11 is 0. The Labute approximate surface area is 117 Å². The minimum absolute atomic E-state index is 0. The first-order valence-electron chi connectivity index (χ1n) is 3.03. The van der Waals surface area contributed by atoms with E-state index in [2.05, 4.69) is 5.10 Å². The molecule has 1 aromatic heterocycles. The van der Waals surface area contributed by atoms with E-state index in [-0.39, 0.29) is 57.6 Å². The number of aromatic nitrogens is 2. The number of hydrogen-bond donors (Lipinski definition) is 1. The summed E-state index contributed by atoms with van der Waals surface area (Å²) in [5, 5.41) is 3.98. The monoisotopic (exact) mass is 242 g/mol. The van der Waals surface area contributed by atoms with Gasteiger partial charge in [0.05, 0.1) is 0 Å². The first-order chi connectivity index (χ1) is 5.73. The van der Waals surface area contributed by atoms with Gasteiger partial charge in [0.1, 0.15) is 5.69 Å². The van der Waals surface area contributed by atoms with E-state index < -0.39 is 24.3 Å². The molecule has 1 N–H and O–H groups in total. The van der Waals surface area contributed by atoms with Gasteiger partial charge in [0, 0.05) is 6.20 Å². The minimum atomic E-state index is -5.68. The van der Waals surface area contributed by atoms with Crippen molar-refractivity contribution < 1.29 is 77.5 Å². The minimum Gasteiger partial charge on any atom is -0.445 e. The maximum Gasteiger partial charge on any atom is 1.00 e. The Morgan fingerprint density at radius 2 is 1.71 bits per heavy atom. The second kappa shape index (κ2) is 4.56. The van der Waals surface area contributed by atoms with Crippen molar-refractivity contribution in [3.8, 4) is 0 Å². The standard InChI is InChI=1S/C4H2BF6N2.K/c6-4(7,8)3-2(1-12-13-3)5(9,10)11;/h1H,(H,12,13);/q-1;+1. The number of hydrogen-bond acceptors (Lipinski definition) is 1. The molecule has 0 spiro atoms. The Morgan fingerprint density at radius 1 is 1.21 bits per heavy atom. The number of alkyl halides is 3. The SMILES string of the molecule is F[B-](F)(F)c1cn[nH]c1C(F)(F)F.[K+]. The topological polar surface area (TPSA) is 28.7 Å². The van der Waals surface area contributed by atoms with Crippen molar-refractivity contribution in [3.05, 3.63) is 11.9 Å². The molecule has 0 saturated carbocycles. The zero-order valence-corrected chi connectivity index (χ0v) is 9.99. The van der Waals surface area contributed by atoms with Crippen LogP contribution in [0.1, 0.15) is 5.69 Å². The Hall–Kier alpha value is 0.491. The molecule has 10 heteroatoms. The van der Waals surface area contributed by atoms with Crippen molar-refractivity contribution in [2.24, 2.45) is 0 Å². The molecular formula is C4H2BF6KN2. The van der Waals surface area contributed by atoms with Crippen LogP contribution in [0.5, 0.6) is 0 Å². The molecule has 0 aromatic carbocycles. The van der Waals surface area contributed by atoms with Crippen molar-refractivity contribution in [1.29, 1.82) is 0 Å². The Kier molecular flexibility index (Phi) is 4.72. The molecule has 0 bridgehead atoms. The third kappa shape index (κ3) is 3.26. The largest absolute Gasteiger partial charge is 1.00 e. The fourth-order valence-electron chi connectivity index (χ4n) is 0.771. The Bertz CT molecular complexity index is 275. The molecule has 0 aliphatic rings. The summed E-state index contributed by atoms with van der Waals surface area (Å²) in [6.45, 7) is -5.68. The van der Waals surface area contributed by atoms with E-state index in [1.807, 2.05) is 0 Å². The van der Waals surface area contributed by atoms with Gasteiger partial charge in [-0.2, -0.15) is 18.3 Å². The molecule has 14 heavy (non-hydrogen) atoms. The smallest absolute Gasteiger partial charge is 0.445 e. The summed E-state index contributed by atoms with van der Waals surface area (Å²) in [5.41, 5.74) is -3.59. The third-order valence-electron chi connectivity index (χ3n) is 1.30. The van der Waals surface area contributed by atoms with Crippen LogP contribution in [0.15, 0.2) is 6.20 Å². The second-order valence-corrected chi connectivity index (χ2v) is 2.27. The van der Waals surface area contributed by atoms with Gasteiger partial charge in [0.25, 0.3) is 0 Å². The molecule has 0 radical (unpaired) electrons. The fraction of sp³-hybridized carbons (Fsp3) is 0.250. The number of aromatic amines is 1. The van der Waals surface area contributed by atoms with E-state index in [9.17, 15) is 26.1 Å². The van der Waals surface area contributed by atoms with E-state index >= 15 is 0 Å². The van der Waals surface area contributed by atoms with Crippen LogP contribution in [0.2, 0.25) is 0 Å². The predicted octanol–water partition coefficient (Wildman–Crippen LogP) is -1.51. The van der Waals surface area contributed by atoms with E-state index in [1.165, 1.54) is 5.10 Å². The number of rotatable bonds is 1. The number of nitrogens with one attached hydrogen (secondary N) is 1. The molecule has 0 saturated heterocycles. The average molecular weight is 242 g/mol. The van der Waals surface area contributed by atoms with Gasteiger partial charge in [-0.25, -0.2) is 0 Å². The number of halogens is 6. The van der Waals surface area contributed by atoms with Gasteiger partial charge in [-0.05, 0) is 0 Å². The first kappa shape index (κ1) is 14.5. The molecular weight excluding hydrogens is 240 g/mol. The predicted molar refractivity (Wildman–Crippen MR) is 32.3 cm³/mol. The van der Waals surface area contributed by atoms with Crippen LogP contribution in [0.4, 0.5) is 26.1 Å². The second-order valence-electron chi connectivity index (χ2n) is 2.27. The normalized spacial score (nSPS) is 12.4. The van der Waals surface area contributed by atoms with E-state index in [0.717, 1.165) is 0 Å². The molecule has 0 atom stereocenters. The van der Waals surface area contributed by atoms with Crippen LogP contribution >= 0.6 is 0 Å². The molecule has 2 nitrogen and oxygen atoms in total. The van der Waals surface area contributed by atoms with Crippen LogP contribution in [0.25, 0.3) is 0 Å². The van der Waals surface area contributed by atoms with Crippen molar-refractivity contribution in [2.45, 2.75) is 6.18 Å². The van der Waals surface area contributed by atoms with Crippen LogP contribution in [-0.2, 0) is 6.18 Å². The Balaban J connectivity index is 0.00000169. The molecule has 0 aliphatic carbocycles. The van der Waals surface area contributed by atoms with Crippen LogP contribution < -0.4 is 56.8 Å². The molecule has 1 heterocycles. The zero-order valence-electron chi connectivity index (χ0n) is 6.87. The summed E-state index contributed by atoms with van der Waals surface area (Å²) in [6.07, 6.45) is -4.92. The molecule has 1 aromatic rings. The third-order valence-corrected chi connectivity index (χ3v) is 1.30. The molecule has 0 amide bonds. The van der Waals surface area contributed by atoms with Gasteiger partial charge >= 0.3 is 64.5 Å². The van der Waals surface area contributed by atoms with Gasteiger partial charge in [-0.1, -0.05) is 5.46 Å². The van der Waals surface area contributed by atoms with Crippen molar-refractivity contribution in [2.75, 3.05) is 0 Å². The van der Waals surface area contributed by atoms with Gasteiger partial charge in [-0.3, -0.25) is 5.10 Å². The maximum atomic E-state index is 11.9. The summed E-state index contributed by atoms with van der Waals surface area (Å²) in [7, 11) is 0. The Morgan fingerprint density at radius 3 is 2.00 bits per heavy atom. The maximum absolute atomic E-state index is 11.9.